The van der Waals surface area contributed by atoms with Crippen molar-refractivity contribution in [3.63, 3.8) is 0 Å². The summed E-state index contributed by atoms with van der Waals surface area (Å²) in [6.45, 7) is 0. The quantitative estimate of drug-likeness (QED) is 0.761. The Labute approximate surface area is 126 Å². The zero-order valence-corrected chi connectivity index (χ0v) is 11.5. The van der Waals surface area contributed by atoms with Crippen molar-refractivity contribution < 1.29 is 14.0 Å². The molecule has 3 amide bonds. The first-order valence-corrected chi connectivity index (χ1v) is 6.45. The van der Waals surface area contributed by atoms with Gasteiger partial charge in [0.15, 0.2) is 0 Å². The third-order valence-corrected chi connectivity index (χ3v) is 2.79. The van der Waals surface area contributed by atoms with Crippen LogP contribution in [0.25, 0.3) is 6.08 Å². The van der Waals surface area contributed by atoms with Gasteiger partial charge in [0.25, 0.3) is 5.91 Å². The molecule has 0 atom stereocenters. The summed E-state index contributed by atoms with van der Waals surface area (Å²) in [6, 6.07) is 11.5. The fourth-order valence-electron chi connectivity index (χ4n) is 1.70. The Morgan fingerprint density at radius 1 is 1.05 bits per heavy atom. The maximum atomic E-state index is 12.7. The monoisotopic (exact) mass is 299 g/mol. The van der Waals surface area contributed by atoms with E-state index in [2.05, 4.69) is 10.6 Å². The van der Waals surface area contributed by atoms with Gasteiger partial charge in [0.05, 0.1) is 5.56 Å². The minimum atomic E-state index is -0.688. The zero-order chi connectivity index (χ0) is 15.9. The molecule has 0 radical (unpaired) electrons. The van der Waals surface area contributed by atoms with Gasteiger partial charge in [0.2, 0.25) is 0 Å². The van der Waals surface area contributed by atoms with Crippen molar-refractivity contribution in [1.82, 2.24) is 10.6 Å². The fourth-order valence-corrected chi connectivity index (χ4v) is 1.70. The van der Waals surface area contributed by atoms with Gasteiger partial charge in [-0.2, -0.15) is 0 Å². The summed E-state index contributed by atoms with van der Waals surface area (Å²) in [4.78, 5) is 23.4. The van der Waals surface area contributed by atoms with Gasteiger partial charge in [0, 0.05) is 11.9 Å². The van der Waals surface area contributed by atoms with Crippen molar-refractivity contribution in [2.75, 3.05) is 5.73 Å². The molecule has 0 heterocycles. The lowest BCUT2D eigenvalue weighted by Gasteiger charge is -2.05. The van der Waals surface area contributed by atoms with E-state index < -0.39 is 11.9 Å². The van der Waals surface area contributed by atoms with Crippen molar-refractivity contribution >= 4 is 23.7 Å². The topological polar surface area (TPSA) is 84.2 Å². The Kier molecular flexibility index (Phi) is 4.87. The van der Waals surface area contributed by atoms with E-state index in [-0.39, 0.29) is 17.1 Å². The van der Waals surface area contributed by atoms with Gasteiger partial charge < -0.3 is 11.1 Å². The number of nitrogen functional groups attached to an aromatic ring is 1. The van der Waals surface area contributed by atoms with Crippen LogP contribution in [0.4, 0.5) is 14.9 Å². The van der Waals surface area contributed by atoms with E-state index in [9.17, 15) is 14.0 Å². The Morgan fingerprint density at radius 2 is 1.73 bits per heavy atom. The lowest BCUT2D eigenvalue weighted by molar-refractivity contribution is 0.0965. The highest BCUT2D eigenvalue weighted by Crippen LogP contribution is 2.09. The highest BCUT2D eigenvalue weighted by Gasteiger charge is 2.11. The molecule has 0 aliphatic heterocycles. The molecule has 0 aromatic heterocycles. The number of halogens is 1. The molecule has 6 heteroatoms. The molecule has 0 unspecified atom stereocenters. The largest absolute Gasteiger partial charge is 0.398 e. The summed E-state index contributed by atoms with van der Waals surface area (Å²) in [6.07, 6.45) is 2.92. The standard InChI is InChI=1S/C16H14FN3O2/c17-12-7-5-11(6-8-12)9-10-19-16(22)20-15(21)13-3-1-2-4-14(13)18/h1-10H,18H2,(H2,19,20,21,22)/b10-9+. The Hall–Kier alpha value is -3.15. The number of hydrogen-bond acceptors (Lipinski definition) is 3. The van der Waals surface area contributed by atoms with E-state index >= 15 is 0 Å². The van der Waals surface area contributed by atoms with Crippen molar-refractivity contribution in [3.8, 4) is 0 Å². The predicted molar refractivity (Wildman–Crippen MR) is 82.3 cm³/mol. The third kappa shape index (κ3) is 4.17. The average Bonchev–Trinajstić information content (AvgIpc) is 2.49. The third-order valence-electron chi connectivity index (χ3n) is 2.79. The lowest BCUT2D eigenvalue weighted by atomic mass is 10.2. The number of urea groups is 1. The number of amides is 3. The minimum Gasteiger partial charge on any atom is -0.398 e. The summed E-state index contributed by atoms with van der Waals surface area (Å²) < 4.78 is 12.7. The molecule has 0 saturated carbocycles. The summed E-state index contributed by atoms with van der Waals surface area (Å²) in [5.41, 5.74) is 6.87. The van der Waals surface area contributed by atoms with Gasteiger partial charge in [-0.15, -0.1) is 0 Å². The van der Waals surface area contributed by atoms with E-state index in [1.54, 1.807) is 36.4 Å². The van der Waals surface area contributed by atoms with Crippen molar-refractivity contribution in [2.24, 2.45) is 0 Å². The van der Waals surface area contributed by atoms with Crippen LogP contribution in [0, 0.1) is 5.82 Å². The molecule has 0 aliphatic carbocycles. The van der Waals surface area contributed by atoms with Crippen LogP contribution in [0.1, 0.15) is 15.9 Å². The number of benzene rings is 2. The van der Waals surface area contributed by atoms with Crippen LogP contribution in [0.15, 0.2) is 54.7 Å². The van der Waals surface area contributed by atoms with Gasteiger partial charge in [0.1, 0.15) is 5.82 Å². The maximum Gasteiger partial charge on any atom is 0.325 e. The van der Waals surface area contributed by atoms with Gasteiger partial charge in [-0.05, 0) is 35.9 Å². The normalized spacial score (nSPS) is 10.4. The number of carbonyl (C=O) groups excluding carboxylic acids is 2. The molecule has 22 heavy (non-hydrogen) atoms. The molecule has 0 fully saturated rings. The molecule has 2 aromatic rings. The van der Waals surface area contributed by atoms with E-state index in [1.165, 1.54) is 24.4 Å². The molecule has 2 aromatic carbocycles. The molecular formula is C16H14FN3O2. The van der Waals surface area contributed by atoms with Crippen LogP contribution >= 0.6 is 0 Å². The summed E-state index contributed by atoms with van der Waals surface area (Å²) >= 11 is 0. The molecule has 5 nitrogen and oxygen atoms in total. The van der Waals surface area contributed by atoms with E-state index in [0.29, 0.717) is 5.56 Å². The minimum absolute atomic E-state index is 0.222. The zero-order valence-electron chi connectivity index (χ0n) is 11.5. The number of nitrogens with one attached hydrogen (secondary N) is 2. The van der Waals surface area contributed by atoms with Crippen LogP contribution in [0.3, 0.4) is 0 Å². The van der Waals surface area contributed by atoms with Crippen LogP contribution < -0.4 is 16.4 Å². The van der Waals surface area contributed by atoms with E-state index in [1.807, 2.05) is 0 Å². The molecule has 2 rings (SSSR count). The van der Waals surface area contributed by atoms with Crippen molar-refractivity contribution in [1.29, 1.82) is 0 Å². The molecule has 0 bridgehead atoms. The first-order valence-electron chi connectivity index (χ1n) is 6.45. The predicted octanol–water partition coefficient (Wildman–Crippen LogP) is 2.52. The van der Waals surface area contributed by atoms with Gasteiger partial charge in [-0.1, -0.05) is 24.3 Å². The van der Waals surface area contributed by atoms with Gasteiger partial charge in [-0.25, -0.2) is 9.18 Å². The summed E-state index contributed by atoms with van der Waals surface area (Å²) in [5.74, 6) is -0.931. The summed E-state index contributed by atoms with van der Waals surface area (Å²) in [5, 5.41) is 4.53. The fraction of sp³-hybridized carbons (Fsp3) is 0. The molecular weight excluding hydrogens is 285 g/mol. The highest BCUT2D eigenvalue weighted by atomic mass is 19.1. The van der Waals surface area contributed by atoms with Gasteiger partial charge in [-0.3, -0.25) is 10.1 Å². The van der Waals surface area contributed by atoms with E-state index in [0.717, 1.165) is 0 Å². The number of para-hydroxylation sites is 1. The number of imide groups is 1. The number of rotatable bonds is 3. The number of nitrogens with two attached hydrogens (primary N) is 1. The second-order valence-corrected chi connectivity index (χ2v) is 4.40. The van der Waals surface area contributed by atoms with E-state index in [4.69, 9.17) is 5.73 Å². The van der Waals surface area contributed by atoms with Gasteiger partial charge >= 0.3 is 6.03 Å². The van der Waals surface area contributed by atoms with Crippen molar-refractivity contribution in [3.05, 3.63) is 71.7 Å². The van der Waals surface area contributed by atoms with Crippen LogP contribution in [0.5, 0.6) is 0 Å². The van der Waals surface area contributed by atoms with Crippen LogP contribution in [0.2, 0.25) is 0 Å². The molecule has 0 saturated heterocycles. The SMILES string of the molecule is Nc1ccccc1C(=O)NC(=O)N/C=C/c1ccc(F)cc1. The first-order chi connectivity index (χ1) is 10.6. The van der Waals surface area contributed by atoms with Crippen molar-refractivity contribution in [2.45, 2.75) is 0 Å². The first kappa shape index (κ1) is 15.2. The lowest BCUT2D eigenvalue weighted by Crippen LogP contribution is -2.37. The highest BCUT2D eigenvalue weighted by molar-refractivity contribution is 6.07. The summed E-state index contributed by atoms with van der Waals surface area (Å²) in [7, 11) is 0. The second kappa shape index (κ2) is 7.03. The molecule has 112 valence electrons. The molecule has 4 N–H and O–H groups in total. The Bertz CT molecular complexity index is 712. The number of hydrogen-bond donors (Lipinski definition) is 3. The van der Waals surface area contributed by atoms with Crippen LogP contribution in [-0.2, 0) is 0 Å². The number of carbonyl (C=O) groups is 2. The Balaban J connectivity index is 1.89. The Morgan fingerprint density at radius 3 is 2.41 bits per heavy atom. The smallest absolute Gasteiger partial charge is 0.325 e. The maximum absolute atomic E-state index is 12.7. The molecule has 0 spiro atoms. The number of anilines is 1. The second-order valence-electron chi connectivity index (χ2n) is 4.40. The molecule has 0 aliphatic rings. The average molecular weight is 299 g/mol. The van der Waals surface area contributed by atoms with Crippen LogP contribution in [-0.4, -0.2) is 11.9 Å².